The number of urea groups is 1. The van der Waals surface area contributed by atoms with E-state index in [2.05, 4.69) is 20.8 Å². The molecule has 0 saturated heterocycles. The molecular formula is C11H21N5O2. The number of hydrogen-bond donors (Lipinski definition) is 3. The molecule has 0 aliphatic heterocycles. The Morgan fingerprint density at radius 3 is 2.94 bits per heavy atom. The quantitative estimate of drug-likeness (QED) is 0.635. The minimum Gasteiger partial charge on any atom is -0.394 e. The summed E-state index contributed by atoms with van der Waals surface area (Å²) < 4.78 is 1.91. The van der Waals surface area contributed by atoms with Crippen molar-refractivity contribution in [3.05, 3.63) is 12.2 Å². The Labute approximate surface area is 107 Å². The zero-order chi connectivity index (χ0) is 13.4. The number of carbonyl (C=O) groups excluding carboxylic acids is 1. The largest absolute Gasteiger partial charge is 0.394 e. The van der Waals surface area contributed by atoms with E-state index in [1.54, 1.807) is 6.33 Å². The molecule has 0 fully saturated rings. The van der Waals surface area contributed by atoms with Crippen LogP contribution in [0.15, 0.2) is 6.33 Å². The van der Waals surface area contributed by atoms with Gasteiger partial charge in [-0.3, -0.25) is 0 Å². The molecule has 3 N–H and O–H groups in total. The van der Waals surface area contributed by atoms with Crippen molar-refractivity contribution in [2.45, 2.75) is 39.3 Å². The molecule has 1 aromatic rings. The number of nitrogens with one attached hydrogen (secondary N) is 2. The highest BCUT2D eigenvalue weighted by Gasteiger charge is 2.08. The Bertz CT molecular complexity index is 362. The summed E-state index contributed by atoms with van der Waals surface area (Å²) >= 11 is 0. The summed E-state index contributed by atoms with van der Waals surface area (Å²) in [5, 5.41) is 22.2. The normalized spacial score (nSPS) is 12.2. The number of carbonyl (C=O) groups is 1. The molecule has 1 aromatic heterocycles. The molecule has 102 valence electrons. The molecule has 0 bridgehead atoms. The second-order valence-electron chi connectivity index (χ2n) is 3.98. The van der Waals surface area contributed by atoms with Gasteiger partial charge in [0.05, 0.1) is 12.6 Å². The van der Waals surface area contributed by atoms with Crippen molar-refractivity contribution in [1.82, 2.24) is 25.4 Å². The Balaban J connectivity index is 2.27. The van der Waals surface area contributed by atoms with E-state index < -0.39 is 0 Å². The molecule has 0 aliphatic carbocycles. The summed E-state index contributed by atoms with van der Waals surface area (Å²) in [4.78, 5) is 11.5. The van der Waals surface area contributed by atoms with E-state index in [4.69, 9.17) is 5.11 Å². The summed E-state index contributed by atoms with van der Waals surface area (Å²) in [5.74, 6) is 0.902. The predicted molar refractivity (Wildman–Crippen MR) is 67.1 cm³/mol. The molecule has 1 atom stereocenters. The second-order valence-corrected chi connectivity index (χ2v) is 3.98. The topological polar surface area (TPSA) is 92.1 Å². The maximum atomic E-state index is 11.5. The van der Waals surface area contributed by atoms with Crippen LogP contribution in [-0.2, 0) is 13.0 Å². The minimum atomic E-state index is -0.262. The number of aliphatic hydroxyl groups excluding tert-OH is 1. The standard InChI is InChI=1S/C11H21N5O2/c1-3-9(7-17)14-11(18)12-5-6-16-8-13-15-10(16)4-2/h8-9,17H,3-7H2,1-2H3,(H2,12,14,18). The van der Waals surface area contributed by atoms with E-state index in [9.17, 15) is 4.79 Å². The van der Waals surface area contributed by atoms with Crippen molar-refractivity contribution in [3.63, 3.8) is 0 Å². The zero-order valence-electron chi connectivity index (χ0n) is 10.9. The average Bonchev–Trinajstić information content (AvgIpc) is 2.83. The molecule has 0 radical (unpaired) electrons. The first-order chi connectivity index (χ1) is 8.71. The highest BCUT2D eigenvalue weighted by atomic mass is 16.3. The third-order valence-electron chi connectivity index (χ3n) is 2.70. The molecule has 0 spiro atoms. The van der Waals surface area contributed by atoms with Crippen molar-refractivity contribution in [2.75, 3.05) is 13.2 Å². The van der Waals surface area contributed by atoms with Gasteiger partial charge >= 0.3 is 6.03 Å². The van der Waals surface area contributed by atoms with Gasteiger partial charge in [-0.2, -0.15) is 0 Å². The van der Waals surface area contributed by atoms with Crippen molar-refractivity contribution in [2.24, 2.45) is 0 Å². The van der Waals surface area contributed by atoms with Crippen LogP contribution in [0.25, 0.3) is 0 Å². The number of nitrogens with zero attached hydrogens (tertiary/aromatic N) is 3. The van der Waals surface area contributed by atoms with Gasteiger partial charge in [0.15, 0.2) is 0 Å². The van der Waals surface area contributed by atoms with Gasteiger partial charge in [-0.15, -0.1) is 10.2 Å². The molecule has 1 rings (SSSR count). The lowest BCUT2D eigenvalue weighted by Crippen LogP contribution is -2.44. The summed E-state index contributed by atoms with van der Waals surface area (Å²) in [7, 11) is 0. The van der Waals surface area contributed by atoms with Crippen LogP contribution in [0.4, 0.5) is 4.79 Å². The van der Waals surface area contributed by atoms with E-state index in [-0.39, 0.29) is 18.7 Å². The molecular weight excluding hydrogens is 234 g/mol. The zero-order valence-corrected chi connectivity index (χ0v) is 10.9. The average molecular weight is 255 g/mol. The van der Waals surface area contributed by atoms with Crippen LogP contribution in [-0.4, -0.2) is 45.1 Å². The van der Waals surface area contributed by atoms with Gasteiger partial charge in [-0.05, 0) is 6.42 Å². The molecule has 0 saturated carbocycles. The van der Waals surface area contributed by atoms with Crippen LogP contribution in [0.2, 0.25) is 0 Å². The van der Waals surface area contributed by atoms with Crippen molar-refractivity contribution >= 4 is 6.03 Å². The Morgan fingerprint density at radius 2 is 2.33 bits per heavy atom. The third-order valence-corrected chi connectivity index (χ3v) is 2.70. The molecule has 1 heterocycles. The van der Waals surface area contributed by atoms with Crippen molar-refractivity contribution in [1.29, 1.82) is 0 Å². The van der Waals surface area contributed by atoms with E-state index in [1.165, 1.54) is 0 Å². The Hall–Kier alpha value is -1.63. The van der Waals surface area contributed by atoms with Gasteiger partial charge in [-0.1, -0.05) is 13.8 Å². The van der Waals surface area contributed by atoms with E-state index in [1.807, 2.05) is 18.4 Å². The first-order valence-corrected chi connectivity index (χ1v) is 6.23. The molecule has 18 heavy (non-hydrogen) atoms. The lowest BCUT2D eigenvalue weighted by atomic mass is 10.2. The lowest BCUT2D eigenvalue weighted by Gasteiger charge is -2.14. The van der Waals surface area contributed by atoms with Crippen LogP contribution in [0, 0.1) is 0 Å². The Morgan fingerprint density at radius 1 is 1.56 bits per heavy atom. The van der Waals surface area contributed by atoms with Crippen LogP contribution < -0.4 is 10.6 Å². The molecule has 1 unspecified atom stereocenters. The van der Waals surface area contributed by atoms with Gasteiger partial charge in [0.1, 0.15) is 12.2 Å². The fraction of sp³-hybridized carbons (Fsp3) is 0.727. The number of amides is 2. The van der Waals surface area contributed by atoms with Gasteiger partial charge < -0.3 is 20.3 Å². The monoisotopic (exact) mass is 255 g/mol. The minimum absolute atomic E-state index is 0.0463. The van der Waals surface area contributed by atoms with Crippen LogP contribution >= 0.6 is 0 Å². The number of aromatic nitrogens is 3. The maximum absolute atomic E-state index is 11.5. The van der Waals surface area contributed by atoms with Gasteiger partial charge in [0, 0.05) is 19.5 Å². The second kappa shape index (κ2) is 7.65. The van der Waals surface area contributed by atoms with E-state index in [0.717, 1.165) is 12.2 Å². The number of rotatable bonds is 7. The summed E-state index contributed by atoms with van der Waals surface area (Å²) in [6.07, 6.45) is 3.17. The number of aryl methyl sites for hydroxylation is 1. The van der Waals surface area contributed by atoms with Crippen molar-refractivity contribution < 1.29 is 9.90 Å². The predicted octanol–water partition coefficient (Wildman–Crippen LogP) is -0.0894. The van der Waals surface area contributed by atoms with Crippen molar-refractivity contribution in [3.8, 4) is 0 Å². The van der Waals surface area contributed by atoms with Crippen LogP contribution in [0.5, 0.6) is 0 Å². The molecule has 2 amide bonds. The first kappa shape index (κ1) is 14.4. The van der Waals surface area contributed by atoms with E-state index in [0.29, 0.717) is 19.5 Å². The van der Waals surface area contributed by atoms with E-state index >= 15 is 0 Å². The third kappa shape index (κ3) is 4.33. The molecule has 0 aromatic carbocycles. The van der Waals surface area contributed by atoms with Crippen LogP contribution in [0.3, 0.4) is 0 Å². The molecule has 0 aliphatic rings. The van der Waals surface area contributed by atoms with Gasteiger partial charge in [-0.25, -0.2) is 4.79 Å². The fourth-order valence-corrected chi connectivity index (χ4v) is 1.54. The lowest BCUT2D eigenvalue weighted by molar-refractivity contribution is 0.214. The highest BCUT2D eigenvalue weighted by molar-refractivity contribution is 5.74. The first-order valence-electron chi connectivity index (χ1n) is 6.23. The SMILES string of the molecule is CCc1nncn1CCNC(=O)NC(CC)CO. The highest BCUT2D eigenvalue weighted by Crippen LogP contribution is 1.94. The maximum Gasteiger partial charge on any atom is 0.315 e. The Kier molecular flexibility index (Phi) is 6.13. The number of hydrogen-bond acceptors (Lipinski definition) is 4. The summed E-state index contributed by atoms with van der Waals surface area (Å²) in [6.45, 7) is 5.01. The molecule has 7 nitrogen and oxygen atoms in total. The molecule has 7 heteroatoms. The number of aliphatic hydroxyl groups is 1. The summed E-state index contributed by atoms with van der Waals surface area (Å²) in [6, 6.07) is -0.451. The van der Waals surface area contributed by atoms with Gasteiger partial charge in [0.2, 0.25) is 0 Å². The summed E-state index contributed by atoms with van der Waals surface area (Å²) in [5.41, 5.74) is 0. The van der Waals surface area contributed by atoms with Crippen LogP contribution in [0.1, 0.15) is 26.1 Å². The van der Waals surface area contributed by atoms with Gasteiger partial charge in [0.25, 0.3) is 0 Å². The fourth-order valence-electron chi connectivity index (χ4n) is 1.54. The smallest absolute Gasteiger partial charge is 0.315 e.